The number of hydrogen-bond acceptors (Lipinski definition) is 3. The van der Waals surface area contributed by atoms with Gasteiger partial charge in [0, 0.05) is 37.6 Å². The van der Waals surface area contributed by atoms with Gasteiger partial charge in [0.05, 0.1) is 0 Å². The summed E-state index contributed by atoms with van der Waals surface area (Å²) in [5.41, 5.74) is 2.38. The molecule has 1 unspecified atom stereocenters. The lowest BCUT2D eigenvalue weighted by molar-refractivity contribution is 0.356. The Morgan fingerprint density at radius 2 is 1.94 bits per heavy atom. The van der Waals surface area contributed by atoms with Crippen LogP contribution in [-0.4, -0.2) is 37.6 Å². The smallest absolute Gasteiger partial charge is 0.0400 e. The van der Waals surface area contributed by atoms with E-state index in [4.69, 9.17) is 0 Å². The van der Waals surface area contributed by atoms with Crippen LogP contribution in [0.15, 0.2) is 24.3 Å². The van der Waals surface area contributed by atoms with E-state index in [2.05, 4.69) is 46.7 Å². The Morgan fingerprint density at radius 3 is 2.50 bits per heavy atom. The molecule has 3 heteroatoms. The predicted octanol–water partition coefficient (Wildman–Crippen LogP) is 2.23. The van der Waals surface area contributed by atoms with Gasteiger partial charge in [0.25, 0.3) is 0 Å². The summed E-state index contributed by atoms with van der Waals surface area (Å²) < 4.78 is 0. The van der Waals surface area contributed by atoms with Crippen molar-refractivity contribution in [3.8, 4) is 0 Å². The number of benzene rings is 1. The molecule has 0 aliphatic carbocycles. The number of likely N-dealkylation sites (tertiary alicyclic amines) is 1. The Balaban J connectivity index is 1.89. The van der Waals surface area contributed by atoms with Crippen LogP contribution in [0.2, 0.25) is 0 Å². The number of nitrogens with zero attached hydrogens (tertiary/aromatic N) is 1. The van der Waals surface area contributed by atoms with E-state index in [0.29, 0.717) is 6.04 Å². The van der Waals surface area contributed by atoms with Gasteiger partial charge in [-0.05, 0) is 37.2 Å². The SMILES string of the molecule is CCN1CCC(Nc2ccc(NC)cc2)C1. The zero-order chi connectivity index (χ0) is 11.4. The average Bonchev–Trinajstić information content (AvgIpc) is 2.78. The van der Waals surface area contributed by atoms with E-state index in [1.165, 1.54) is 25.2 Å². The summed E-state index contributed by atoms with van der Waals surface area (Å²) in [6.45, 7) is 5.79. The van der Waals surface area contributed by atoms with Gasteiger partial charge in [-0.15, -0.1) is 0 Å². The molecule has 0 spiro atoms. The maximum Gasteiger partial charge on any atom is 0.0400 e. The number of hydrogen-bond donors (Lipinski definition) is 2. The number of likely N-dealkylation sites (N-methyl/N-ethyl adjacent to an activating group) is 1. The minimum atomic E-state index is 0.611. The fourth-order valence-electron chi connectivity index (χ4n) is 2.21. The van der Waals surface area contributed by atoms with Gasteiger partial charge in [-0.2, -0.15) is 0 Å². The molecule has 1 fully saturated rings. The third-order valence-corrected chi connectivity index (χ3v) is 3.26. The maximum atomic E-state index is 3.59. The molecule has 0 saturated carbocycles. The summed E-state index contributed by atoms with van der Waals surface area (Å²) in [7, 11) is 1.94. The van der Waals surface area contributed by atoms with Gasteiger partial charge >= 0.3 is 0 Å². The quantitative estimate of drug-likeness (QED) is 0.813. The molecular weight excluding hydrogens is 198 g/mol. The number of anilines is 2. The molecule has 1 aliphatic rings. The molecule has 2 N–H and O–H groups in total. The first-order valence-corrected chi connectivity index (χ1v) is 6.08. The predicted molar refractivity (Wildman–Crippen MR) is 70.1 cm³/mol. The Labute approximate surface area is 97.8 Å². The first kappa shape index (κ1) is 11.3. The van der Waals surface area contributed by atoms with Crippen LogP contribution in [0.1, 0.15) is 13.3 Å². The summed E-state index contributed by atoms with van der Waals surface area (Å²) in [5.74, 6) is 0. The summed E-state index contributed by atoms with van der Waals surface area (Å²) in [6.07, 6.45) is 1.25. The molecule has 1 saturated heterocycles. The third kappa shape index (κ3) is 2.67. The average molecular weight is 219 g/mol. The Hall–Kier alpha value is -1.22. The summed E-state index contributed by atoms with van der Waals surface area (Å²) in [6, 6.07) is 9.10. The minimum absolute atomic E-state index is 0.611. The third-order valence-electron chi connectivity index (χ3n) is 3.26. The fourth-order valence-corrected chi connectivity index (χ4v) is 2.21. The Kier molecular flexibility index (Phi) is 3.67. The molecule has 16 heavy (non-hydrogen) atoms. The summed E-state index contributed by atoms with van der Waals surface area (Å²) in [5, 5.41) is 6.71. The molecule has 2 rings (SSSR count). The van der Waals surface area contributed by atoms with Crippen molar-refractivity contribution >= 4 is 11.4 Å². The maximum absolute atomic E-state index is 3.59. The minimum Gasteiger partial charge on any atom is -0.388 e. The zero-order valence-electron chi connectivity index (χ0n) is 10.2. The van der Waals surface area contributed by atoms with Crippen molar-refractivity contribution in [1.82, 2.24) is 4.90 Å². The Bertz CT molecular complexity index is 320. The van der Waals surface area contributed by atoms with E-state index in [1.807, 2.05) is 7.05 Å². The van der Waals surface area contributed by atoms with Crippen molar-refractivity contribution in [2.45, 2.75) is 19.4 Å². The molecule has 1 atom stereocenters. The zero-order valence-corrected chi connectivity index (χ0v) is 10.2. The van der Waals surface area contributed by atoms with E-state index < -0.39 is 0 Å². The molecule has 1 aromatic rings. The first-order chi connectivity index (χ1) is 7.81. The first-order valence-electron chi connectivity index (χ1n) is 6.08. The molecular formula is C13H21N3. The lowest BCUT2D eigenvalue weighted by atomic mass is 10.2. The van der Waals surface area contributed by atoms with Crippen LogP contribution in [0.3, 0.4) is 0 Å². The fraction of sp³-hybridized carbons (Fsp3) is 0.538. The van der Waals surface area contributed by atoms with Gasteiger partial charge in [-0.1, -0.05) is 6.92 Å². The second kappa shape index (κ2) is 5.21. The molecule has 3 nitrogen and oxygen atoms in total. The van der Waals surface area contributed by atoms with Crippen molar-refractivity contribution in [1.29, 1.82) is 0 Å². The molecule has 1 aromatic carbocycles. The van der Waals surface area contributed by atoms with Crippen LogP contribution in [0.25, 0.3) is 0 Å². The van der Waals surface area contributed by atoms with Gasteiger partial charge in [-0.25, -0.2) is 0 Å². The molecule has 88 valence electrons. The van der Waals surface area contributed by atoms with Crippen LogP contribution in [0.5, 0.6) is 0 Å². The second-order valence-corrected chi connectivity index (χ2v) is 4.35. The van der Waals surface area contributed by atoms with Gasteiger partial charge in [-0.3, -0.25) is 0 Å². The number of rotatable bonds is 4. The van der Waals surface area contributed by atoms with Crippen molar-refractivity contribution in [2.24, 2.45) is 0 Å². The molecule has 1 heterocycles. The van der Waals surface area contributed by atoms with E-state index in [9.17, 15) is 0 Å². The van der Waals surface area contributed by atoms with Gasteiger partial charge < -0.3 is 15.5 Å². The van der Waals surface area contributed by atoms with Gasteiger partial charge in [0.1, 0.15) is 0 Å². The van der Waals surface area contributed by atoms with E-state index >= 15 is 0 Å². The topological polar surface area (TPSA) is 27.3 Å². The largest absolute Gasteiger partial charge is 0.388 e. The van der Waals surface area contributed by atoms with Crippen molar-refractivity contribution in [3.05, 3.63) is 24.3 Å². The van der Waals surface area contributed by atoms with Crippen LogP contribution in [0.4, 0.5) is 11.4 Å². The second-order valence-electron chi connectivity index (χ2n) is 4.35. The standard InChI is InChI=1S/C13H21N3/c1-3-16-9-8-13(10-16)15-12-6-4-11(14-2)5-7-12/h4-7,13-15H,3,8-10H2,1-2H3. The van der Waals surface area contributed by atoms with E-state index in [0.717, 1.165) is 12.2 Å². The van der Waals surface area contributed by atoms with Crippen LogP contribution in [0, 0.1) is 0 Å². The Morgan fingerprint density at radius 1 is 1.25 bits per heavy atom. The molecule has 0 aromatic heterocycles. The highest BCUT2D eigenvalue weighted by Crippen LogP contribution is 2.17. The van der Waals surface area contributed by atoms with Crippen molar-refractivity contribution in [3.63, 3.8) is 0 Å². The van der Waals surface area contributed by atoms with E-state index in [-0.39, 0.29) is 0 Å². The van der Waals surface area contributed by atoms with Gasteiger partial charge in [0.15, 0.2) is 0 Å². The van der Waals surface area contributed by atoms with Crippen molar-refractivity contribution < 1.29 is 0 Å². The highest BCUT2D eigenvalue weighted by atomic mass is 15.2. The lowest BCUT2D eigenvalue weighted by Gasteiger charge is -2.15. The van der Waals surface area contributed by atoms with Gasteiger partial charge in [0.2, 0.25) is 0 Å². The highest BCUT2D eigenvalue weighted by molar-refractivity contribution is 5.53. The lowest BCUT2D eigenvalue weighted by Crippen LogP contribution is -2.25. The molecule has 0 bridgehead atoms. The highest BCUT2D eigenvalue weighted by Gasteiger charge is 2.20. The summed E-state index contributed by atoms with van der Waals surface area (Å²) in [4.78, 5) is 2.49. The normalized spacial score (nSPS) is 21.0. The van der Waals surface area contributed by atoms with E-state index in [1.54, 1.807) is 0 Å². The van der Waals surface area contributed by atoms with Crippen LogP contribution >= 0.6 is 0 Å². The van der Waals surface area contributed by atoms with Crippen molar-refractivity contribution in [2.75, 3.05) is 37.3 Å². The molecule has 0 amide bonds. The van der Waals surface area contributed by atoms with Crippen LogP contribution in [-0.2, 0) is 0 Å². The summed E-state index contributed by atoms with van der Waals surface area (Å²) >= 11 is 0. The van der Waals surface area contributed by atoms with Crippen LogP contribution < -0.4 is 10.6 Å². The molecule has 1 aliphatic heterocycles. The number of nitrogens with one attached hydrogen (secondary N) is 2. The monoisotopic (exact) mass is 219 g/mol. The molecule has 0 radical (unpaired) electrons.